The molecule has 1 heterocycles. The number of hydrogen-bond acceptors (Lipinski definition) is 6. The highest BCUT2D eigenvalue weighted by Crippen LogP contribution is 2.38. The van der Waals surface area contributed by atoms with E-state index in [2.05, 4.69) is 14.5 Å². The van der Waals surface area contributed by atoms with Crippen LogP contribution in [0.1, 0.15) is 0 Å². The minimum atomic E-state index is -5.13. The predicted molar refractivity (Wildman–Crippen MR) is 54.9 cm³/mol. The zero-order valence-electron chi connectivity index (χ0n) is 8.66. The lowest BCUT2D eigenvalue weighted by Gasteiger charge is -2.13. The Hall–Kier alpha value is -1.42. The summed E-state index contributed by atoms with van der Waals surface area (Å²) < 4.78 is 66.5. The zero-order valence-corrected chi connectivity index (χ0v) is 10.2. The number of alkyl halides is 3. The molecule has 0 saturated heterocycles. The maximum atomic E-state index is 12.1. The summed E-state index contributed by atoms with van der Waals surface area (Å²) in [4.78, 5) is 2.05. The average Bonchev–Trinajstić information content (AvgIpc) is 2.13. The normalized spacial score (nSPS) is 12.3. The first kappa shape index (κ1) is 14.6. The van der Waals surface area contributed by atoms with Gasteiger partial charge in [0, 0.05) is 10.7 Å². The Labute approximate surface area is 104 Å². The third kappa shape index (κ3) is 3.29. The Balaban J connectivity index is 3.50. The van der Waals surface area contributed by atoms with E-state index in [0.717, 1.165) is 13.3 Å². The van der Waals surface area contributed by atoms with E-state index in [1.165, 1.54) is 0 Å². The summed E-state index contributed by atoms with van der Waals surface area (Å²) >= 11 is 0. The lowest BCUT2D eigenvalue weighted by Crippen LogP contribution is -2.20. The van der Waals surface area contributed by atoms with E-state index in [1.807, 2.05) is 0 Å². The lowest BCUT2D eigenvalue weighted by atomic mass is 10.4. The van der Waals surface area contributed by atoms with E-state index < -0.39 is 31.9 Å². The predicted octanol–water partition coefficient (Wildman–Crippen LogP) is 1.50. The van der Waals surface area contributed by atoms with Crippen LogP contribution in [0.2, 0.25) is 0 Å². The number of hydrogen-bond donors (Lipinski definition) is 1. The Morgan fingerprint density at radius 3 is 2.39 bits per heavy atom. The molecule has 1 rings (SSSR count). The van der Waals surface area contributed by atoms with Gasteiger partial charge in [-0.25, -0.2) is 13.4 Å². The molecule has 0 radical (unpaired) electrons. The minimum Gasteiger partial charge on any atom is -0.493 e. The number of pyridine rings is 1. The summed E-state index contributed by atoms with van der Waals surface area (Å²) in [6.45, 7) is 0. The molecule has 0 fully saturated rings. The summed E-state index contributed by atoms with van der Waals surface area (Å²) in [6, 6.07) is 0. The van der Waals surface area contributed by atoms with Crippen molar-refractivity contribution >= 4 is 25.4 Å². The van der Waals surface area contributed by atoms with Gasteiger partial charge >= 0.3 is 6.36 Å². The number of anilines is 1. The molecule has 1 aromatic rings. The molecular formula is C7H6ClF3N2O4S. The second kappa shape index (κ2) is 4.69. The highest BCUT2D eigenvalue weighted by molar-refractivity contribution is 8.14. The number of aromatic nitrogens is 1. The van der Waals surface area contributed by atoms with Gasteiger partial charge in [-0.1, -0.05) is 0 Å². The summed E-state index contributed by atoms with van der Waals surface area (Å²) in [5, 5.41) is 0. The molecular weight excluding hydrogens is 301 g/mol. The second-order valence-corrected chi connectivity index (χ2v) is 5.36. The van der Waals surface area contributed by atoms with Crippen molar-refractivity contribution in [3.8, 4) is 11.6 Å². The van der Waals surface area contributed by atoms with Crippen LogP contribution in [-0.2, 0) is 9.05 Å². The molecule has 0 aromatic carbocycles. The zero-order chi connectivity index (χ0) is 14.1. The molecule has 0 amide bonds. The quantitative estimate of drug-likeness (QED) is 0.851. The molecule has 0 unspecified atom stereocenters. The molecule has 0 aliphatic carbocycles. The summed E-state index contributed by atoms with van der Waals surface area (Å²) in [5.41, 5.74) is 4.70. The lowest BCUT2D eigenvalue weighted by molar-refractivity contribution is -0.277. The number of nitrogen functional groups attached to an aromatic ring is 1. The van der Waals surface area contributed by atoms with Crippen LogP contribution < -0.4 is 15.2 Å². The minimum absolute atomic E-state index is 0.247. The largest absolute Gasteiger partial charge is 0.574 e. The van der Waals surface area contributed by atoms with Gasteiger partial charge in [-0.3, -0.25) is 0 Å². The third-order valence-corrected chi connectivity index (χ3v) is 3.02. The van der Waals surface area contributed by atoms with Gasteiger partial charge in [0.15, 0.2) is 10.6 Å². The highest BCUT2D eigenvalue weighted by atomic mass is 35.7. The number of methoxy groups -OCH3 is 1. The van der Waals surface area contributed by atoms with Gasteiger partial charge in [0.05, 0.1) is 13.3 Å². The van der Waals surface area contributed by atoms with Crippen LogP contribution in [0.15, 0.2) is 11.1 Å². The van der Waals surface area contributed by atoms with Gasteiger partial charge in [-0.05, 0) is 0 Å². The molecule has 6 nitrogen and oxygen atoms in total. The van der Waals surface area contributed by atoms with Gasteiger partial charge in [-0.15, -0.1) is 13.2 Å². The van der Waals surface area contributed by atoms with Crippen LogP contribution in [0.3, 0.4) is 0 Å². The van der Waals surface area contributed by atoms with E-state index >= 15 is 0 Å². The van der Waals surface area contributed by atoms with Crippen molar-refractivity contribution in [1.29, 1.82) is 0 Å². The number of rotatable bonds is 3. The monoisotopic (exact) mass is 306 g/mol. The first-order valence-corrected chi connectivity index (χ1v) is 6.40. The molecule has 2 N–H and O–H groups in total. The van der Waals surface area contributed by atoms with Gasteiger partial charge in [-0.2, -0.15) is 0 Å². The van der Waals surface area contributed by atoms with E-state index in [4.69, 9.17) is 16.4 Å². The molecule has 102 valence electrons. The van der Waals surface area contributed by atoms with Gasteiger partial charge in [0.25, 0.3) is 9.05 Å². The second-order valence-electron chi connectivity index (χ2n) is 2.86. The van der Waals surface area contributed by atoms with Crippen LogP contribution in [0.4, 0.5) is 18.9 Å². The summed E-state index contributed by atoms with van der Waals surface area (Å²) in [6.07, 6.45) is -4.35. The SMILES string of the molecule is COc1cnc(OC(F)(F)F)c(S(=O)(=O)Cl)c1N. The van der Waals surface area contributed by atoms with Crippen molar-refractivity contribution < 1.29 is 31.1 Å². The molecule has 0 atom stereocenters. The van der Waals surface area contributed by atoms with Crippen molar-refractivity contribution in [2.75, 3.05) is 12.8 Å². The maximum Gasteiger partial charge on any atom is 0.574 e. The maximum absolute atomic E-state index is 12.1. The van der Waals surface area contributed by atoms with Crippen LogP contribution >= 0.6 is 10.7 Å². The standard InChI is InChI=1S/C7H6ClF3N2O4S/c1-16-3-2-13-6(17-7(9,10)11)5(4(3)12)18(8,14)15/h2H,1H3,(H2,12,13). The average molecular weight is 307 g/mol. The topological polar surface area (TPSA) is 91.5 Å². The molecule has 11 heteroatoms. The molecule has 1 aromatic heterocycles. The van der Waals surface area contributed by atoms with Crippen molar-refractivity contribution in [3.05, 3.63) is 6.20 Å². The fourth-order valence-corrected chi connectivity index (χ4v) is 2.17. The van der Waals surface area contributed by atoms with Crippen LogP contribution in [0.5, 0.6) is 11.6 Å². The van der Waals surface area contributed by atoms with Crippen molar-refractivity contribution in [2.45, 2.75) is 11.3 Å². The highest BCUT2D eigenvalue weighted by Gasteiger charge is 2.36. The smallest absolute Gasteiger partial charge is 0.493 e. The van der Waals surface area contributed by atoms with Crippen molar-refractivity contribution in [3.63, 3.8) is 0 Å². The summed E-state index contributed by atoms with van der Waals surface area (Å²) in [7, 11) is 1.51. The fourth-order valence-electron chi connectivity index (χ4n) is 1.05. The molecule has 0 saturated carbocycles. The van der Waals surface area contributed by atoms with Gasteiger partial charge in [0.2, 0.25) is 5.88 Å². The van der Waals surface area contributed by atoms with Crippen molar-refractivity contribution in [1.82, 2.24) is 4.98 Å². The molecule has 0 bridgehead atoms. The van der Waals surface area contributed by atoms with E-state index in [9.17, 15) is 21.6 Å². The van der Waals surface area contributed by atoms with E-state index in [1.54, 1.807) is 0 Å². The Morgan fingerprint density at radius 2 is 2.00 bits per heavy atom. The first-order valence-electron chi connectivity index (χ1n) is 4.09. The van der Waals surface area contributed by atoms with Crippen LogP contribution in [0.25, 0.3) is 0 Å². The van der Waals surface area contributed by atoms with Crippen LogP contribution in [-0.4, -0.2) is 26.9 Å². The van der Waals surface area contributed by atoms with E-state index in [-0.39, 0.29) is 5.75 Å². The molecule has 0 aliphatic rings. The van der Waals surface area contributed by atoms with E-state index in [0.29, 0.717) is 0 Å². The number of halogens is 4. The molecule has 18 heavy (non-hydrogen) atoms. The number of nitrogens with two attached hydrogens (primary N) is 1. The Kier molecular flexibility index (Phi) is 3.81. The number of ether oxygens (including phenoxy) is 2. The third-order valence-electron chi connectivity index (χ3n) is 1.68. The summed E-state index contributed by atoms with van der Waals surface area (Å²) in [5.74, 6) is -1.51. The van der Waals surface area contributed by atoms with Gasteiger partial charge < -0.3 is 15.2 Å². The molecule has 0 spiro atoms. The molecule has 0 aliphatic heterocycles. The van der Waals surface area contributed by atoms with Crippen molar-refractivity contribution in [2.24, 2.45) is 0 Å². The van der Waals surface area contributed by atoms with Crippen LogP contribution in [0, 0.1) is 0 Å². The first-order chi connectivity index (χ1) is 8.06. The Morgan fingerprint density at radius 1 is 1.44 bits per heavy atom. The fraction of sp³-hybridized carbons (Fsp3) is 0.286. The van der Waals surface area contributed by atoms with Gasteiger partial charge in [0.1, 0.15) is 5.69 Å². The Bertz CT molecular complexity index is 561. The number of nitrogens with zero attached hydrogens (tertiary/aromatic N) is 1.